The topological polar surface area (TPSA) is 79.3 Å². The summed E-state index contributed by atoms with van der Waals surface area (Å²) in [7, 11) is -2.91. The molecule has 1 N–H and O–H groups in total. The molecule has 0 saturated carbocycles. The Morgan fingerprint density at radius 3 is 2.10 bits per heavy atom. The number of fused-ring (bicyclic) bond motifs is 3. The summed E-state index contributed by atoms with van der Waals surface area (Å²) in [5, 5.41) is 12.4. The van der Waals surface area contributed by atoms with Gasteiger partial charge in [-0.25, -0.2) is 0 Å². The number of piperidine rings is 1. The van der Waals surface area contributed by atoms with Crippen LogP contribution in [0.25, 0.3) is 6.08 Å². The molecule has 4 aromatic rings. The standard InChI is InChI=1S/C52H62N2O5Si/c1-5-16-37(31-39-19-15-20-42(55)32-39)25-26-47-48-40(35-59-60(52(2,3)4,43-21-11-7-12-22-43)44-23-13-8-14-24-44)33-45-49(46(48)36-58-47)51(57)54(50(45)56)41-27-29-53(30-28-41)34-38-17-9-6-10-18-38/h6-15,17-24,31-32,41,45-47,49,55H,5,16,25-30,33-36H2,1-4H3/b37-31+/t45-,46+,47-,49-/m1/s1. The van der Waals surface area contributed by atoms with Crippen LogP contribution in [0.5, 0.6) is 5.75 Å². The molecule has 0 radical (unpaired) electrons. The van der Waals surface area contributed by atoms with Gasteiger partial charge in [0, 0.05) is 31.6 Å². The van der Waals surface area contributed by atoms with Crippen molar-refractivity contribution in [2.24, 2.45) is 17.8 Å². The molecule has 3 heterocycles. The quantitative estimate of drug-likeness (QED) is 0.0778. The van der Waals surface area contributed by atoms with E-state index in [1.165, 1.54) is 27.1 Å². The Bertz CT molecular complexity index is 2130. The SMILES string of the molecule is CCC/C(=C\c1cccc(O)c1)CC[C@H]1OC[C@H]2C1=C(CO[Si](c1ccccc1)(c1ccccc1)C(C)(C)C)C[C@H]1C(=O)N(C3CCN(Cc4ccccc4)CC3)C(=O)[C@H]12. The number of hydrogen-bond donors (Lipinski definition) is 1. The van der Waals surface area contributed by atoms with Gasteiger partial charge in [-0.3, -0.25) is 19.4 Å². The highest BCUT2D eigenvalue weighted by Gasteiger charge is 2.59. The van der Waals surface area contributed by atoms with Crippen molar-refractivity contribution in [3.8, 4) is 5.75 Å². The lowest BCUT2D eigenvalue weighted by Gasteiger charge is -2.44. The molecule has 3 saturated heterocycles. The van der Waals surface area contributed by atoms with Crippen LogP contribution < -0.4 is 10.4 Å². The van der Waals surface area contributed by atoms with Gasteiger partial charge in [0.25, 0.3) is 8.32 Å². The van der Waals surface area contributed by atoms with Gasteiger partial charge in [0.05, 0.1) is 31.2 Å². The number of aromatic hydroxyl groups is 1. The van der Waals surface area contributed by atoms with E-state index < -0.39 is 20.2 Å². The highest BCUT2D eigenvalue weighted by Crippen LogP contribution is 2.51. The van der Waals surface area contributed by atoms with Crippen LogP contribution in [-0.2, 0) is 25.3 Å². The van der Waals surface area contributed by atoms with Crippen molar-refractivity contribution < 1.29 is 23.9 Å². The zero-order valence-electron chi connectivity index (χ0n) is 35.9. The van der Waals surface area contributed by atoms with Crippen molar-refractivity contribution >= 4 is 36.6 Å². The normalized spacial score (nSPS) is 23.0. The van der Waals surface area contributed by atoms with E-state index >= 15 is 0 Å². The lowest BCUT2D eigenvalue weighted by molar-refractivity contribution is -0.144. The molecule has 314 valence electrons. The average molecular weight is 823 g/mol. The lowest BCUT2D eigenvalue weighted by atomic mass is 9.69. The maximum absolute atomic E-state index is 14.7. The Morgan fingerprint density at radius 2 is 1.48 bits per heavy atom. The summed E-state index contributed by atoms with van der Waals surface area (Å²) in [6.45, 7) is 12.5. The number of carbonyl (C=O) groups excluding carboxylic acids is 2. The van der Waals surface area contributed by atoms with Crippen LogP contribution in [0.4, 0.5) is 0 Å². The van der Waals surface area contributed by atoms with E-state index in [9.17, 15) is 14.7 Å². The van der Waals surface area contributed by atoms with Crippen molar-refractivity contribution in [2.45, 2.75) is 96.4 Å². The minimum absolute atomic E-state index is 0.000616. The van der Waals surface area contributed by atoms with E-state index in [1.807, 2.05) is 24.3 Å². The number of benzene rings is 4. The highest BCUT2D eigenvalue weighted by atomic mass is 28.4. The van der Waals surface area contributed by atoms with Crippen LogP contribution in [0.1, 0.15) is 83.8 Å². The number of likely N-dealkylation sites (tertiary alicyclic amines) is 2. The van der Waals surface area contributed by atoms with E-state index in [1.54, 1.807) is 11.0 Å². The fourth-order valence-electron chi connectivity index (χ4n) is 10.9. The second-order valence-electron chi connectivity index (χ2n) is 18.5. The first kappa shape index (κ1) is 42.1. The highest BCUT2D eigenvalue weighted by molar-refractivity contribution is 6.99. The van der Waals surface area contributed by atoms with Crippen LogP contribution in [-0.4, -0.2) is 73.5 Å². The van der Waals surface area contributed by atoms with Crippen LogP contribution in [0.15, 0.2) is 132 Å². The second-order valence-corrected chi connectivity index (χ2v) is 22.8. The summed E-state index contributed by atoms with van der Waals surface area (Å²) in [6.07, 6.45) is 7.72. The van der Waals surface area contributed by atoms with E-state index in [4.69, 9.17) is 9.16 Å². The summed E-state index contributed by atoms with van der Waals surface area (Å²) in [5.41, 5.74) is 5.93. The predicted molar refractivity (Wildman–Crippen MR) is 242 cm³/mol. The maximum atomic E-state index is 14.7. The Kier molecular flexibility index (Phi) is 12.7. The van der Waals surface area contributed by atoms with Gasteiger partial charge in [-0.2, -0.15) is 0 Å². The van der Waals surface area contributed by atoms with Gasteiger partial charge >= 0.3 is 0 Å². The van der Waals surface area contributed by atoms with E-state index in [-0.39, 0.29) is 40.7 Å². The molecule has 3 aliphatic heterocycles. The molecular weight excluding hydrogens is 761 g/mol. The van der Waals surface area contributed by atoms with Gasteiger partial charge in [0.1, 0.15) is 5.75 Å². The number of rotatable bonds is 14. The fourth-order valence-corrected chi connectivity index (χ4v) is 15.4. The Labute approximate surface area is 358 Å². The van der Waals surface area contributed by atoms with E-state index in [0.717, 1.165) is 69.3 Å². The van der Waals surface area contributed by atoms with Crippen LogP contribution in [0.2, 0.25) is 5.04 Å². The van der Waals surface area contributed by atoms with Crippen molar-refractivity contribution in [3.05, 3.63) is 143 Å². The summed E-state index contributed by atoms with van der Waals surface area (Å²) in [4.78, 5) is 33.6. The number of ether oxygens (including phenoxy) is 1. The fraction of sp³-hybridized carbons (Fsp3) is 0.423. The molecule has 4 atom stereocenters. The molecule has 8 heteroatoms. The first-order valence-electron chi connectivity index (χ1n) is 22.3. The Hall–Kier alpha value is -4.60. The summed E-state index contributed by atoms with van der Waals surface area (Å²) in [6, 6.07) is 39.3. The molecule has 8 rings (SSSR count). The Morgan fingerprint density at radius 1 is 0.833 bits per heavy atom. The van der Waals surface area contributed by atoms with Crippen molar-refractivity contribution in [2.75, 3.05) is 26.3 Å². The van der Waals surface area contributed by atoms with Crippen molar-refractivity contribution in [1.82, 2.24) is 9.80 Å². The molecule has 2 amide bonds. The molecule has 0 aromatic heterocycles. The van der Waals surface area contributed by atoms with Gasteiger partial charge in [-0.1, -0.05) is 149 Å². The molecule has 7 nitrogen and oxygen atoms in total. The number of carbonyl (C=O) groups is 2. The third-order valence-electron chi connectivity index (χ3n) is 13.6. The third kappa shape index (κ3) is 8.49. The summed E-state index contributed by atoms with van der Waals surface area (Å²) < 4.78 is 14.4. The number of phenolic OH excluding ortho intramolecular Hbond substituents is 1. The molecule has 4 aromatic carbocycles. The molecule has 0 unspecified atom stereocenters. The second kappa shape index (κ2) is 18.2. The van der Waals surface area contributed by atoms with Crippen LogP contribution in [0.3, 0.4) is 0 Å². The summed E-state index contributed by atoms with van der Waals surface area (Å²) >= 11 is 0. The smallest absolute Gasteiger partial charge is 0.261 e. The molecule has 4 aliphatic rings. The Balaban J connectivity index is 1.11. The first-order valence-corrected chi connectivity index (χ1v) is 24.2. The first-order chi connectivity index (χ1) is 29.1. The molecule has 0 bridgehead atoms. The molecule has 1 aliphatic carbocycles. The number of amides is 2. The van der Waals surface area contributed by atoms with Gasteiger partial charge in [-0.05, 0) is 88.3 Å². The summed E-state index contributed by atoms with van der Waals surface area (Å²) in [5.74, 6) is -0.714. The van der Waals surface area contributed by atoms with Crippen LogP contribution in [0, 0.1) is 17.8 Å². The van der Waals surface area contributed by atoms with E-state index in [2.05, 4.69) is 124 Å². The van der Waals surface area contributed by atoms with Crippen molar-refractivity contribution in [1.29, 1.82) is 0 Å². The lowest BCUT2D eigenvalue weighted by Crippen LogP contribution is -2.66. The zero-order valence-corrected chi connectivity index (χ0v) is 36.9. The van der Waals surface area contributed by atoms with Crippen molar-refractivity contribution in [3.63, 3.8) is 0 Å². The minimum Gasteiger partial charge on any atom is -0.508 e. The number of hydrogen-bond acceptors (Lipinski definition) is 6. The van der Waals surface area contributed by atoms with E-state index in [0.29, 0.717) is 19.6 Å². The molecule has 3 fully saturated rings. The van der Waals surface area contributed by atoms with Gasteiger partial charge < -0.3 is 14.3 Å². The molecular formula is C52H62N2O5Si. The number of allylic oxidation sites excluding steroid dienone is 1. The number of nitrogens with zero attached hydrogens (tertiary/aromatic N) is 2. The maximum Gasteiger partial charge on any atom is 0.261 e. The van der Waals surface area contributed by atoms with Gasteiger partial charge in [0.15, 0.2) is 0 Å². The molecule has 0 spiro atoms. The number of imide groups is 1. The number of phenols is 1. The predicted octanol–water partition coefficient (Wildman–Crippen LogP) is 8.91. The zero-order chi connectivity index (χ0) is 41.9. The molecule has 60 heavy (non-hydrogen) atoms. The average Bonchev–Trinajstić information content (AvgIpc) is 3.78. The third-order valence-corrected chi connectivity index (χ3v) is 18.6. The minimum atomic E-state index is -2.91. The largest absolute Gasteiger partial charge is 0.508 e. The monoisotopic (exact) mass is 822 g/mol. The van der Waals surface area contributed by atoms with Gasteiger partial charge in [-0.15, -0.1) is 0 Å². The van der Waals surface area contributed by atoms with Crippen LogP contribution >= 0.6 is 0 Å². The van der Waals surface area contributed by atoms with Gasteiger partial charge in [0.2, 0.25) is 11.8 Å².